The molecule has 4 nitrogen and oxygen atoms in total. The summed E-state index contributed by atoms with van der Waals surface area (Å²) in [5.41, 5.74) is 7.28. The van der Waals surface area contributed by atoms with Crippen LogP contribution in [0.5, 0.6) is 0 Å². The fourth-order valence-corrected chi connectivity index (χ4v) is 2.57. The summed E-state index contributed by atoms with van der Waals surface area (Å²) in [5.74, 6) is 1.16. The van der Waals surface area contributed by atoms with Crippen LogP contribution >= 0.6 is 0 Å². The lowest BCUT2D eigenvalue weighted by atomic mass is 10.1. The number of pyridine rings is 1. The van der Waals surface area contributed by atoms with E-state index >= 15 is 0 Å². The molecule has 0 amide bonds. The summed E-state index contributed by atoms with van der Waals surface area (Å²) < 4.78 is 32.2. The van der Waals surface area contributed by atoms with Gasteiger partial charge in [0.2, 0.25) is 0 Å². The smallest absolute Gasteiger partial charge is 0.152 e. The van der Waals surface area contributed by atoms with Crippen molar-refractivity contribution in [3.8, 4) is 0 Å². The van der Waals surface area contributed by atoms with Gasteiger partial charge in [-0.2, -0.15) is 0 Å². The summed E-state index contributed by atoms with van der Waals surface area (Å²) in [6.45, 7) is 0.634. The summed E-state index contributed by atoms with van der Waals surface area (Å²) in [7, 11) is 0. The third-order valence-electron chi connectivity index (χ3n) is 3.65. The summed E-state index contributed by atoms with van der Waals surface area (Å²) in [6, 6.07) is 1.77. The molecule has 0 unspecified atom stereocenters. The first-order valence-electron chi connectivity index (χ1n) is 6.77. The van der Waals surface area contributed by atoms with Gasteiger partial charge >= 0.3 is 0 Å². The Kier molecular flexibility index (Phi) is 3.46. The average Bonchev–Trinajstić information content (AvgIpc) is 2.80. The Morgan fingerprint density at radius 1 is 1.30 bits per heavy atom. The van der Waals surface area contributed by atoms with Gasteiger partial charge in [0, 0.05) is 11.8 Å². The van der Waals surface area contributed by atoms with Crippen LogP contribution in [-0.2, 0) is 4.74 Å². The Bertz CT molecular complexity index is 525. The van der Waals surface area contributed by atoms with Crippen LogP contribution in [0, 0.1) is 0 Å². The van der Waals surface area contributed by atoms with Gasteiger partial charge in [-0.25, -0.2) is 13.8 Å². The minimum atomic E-state index is -1.48. The van der Waals surface area contributed by atoms with E-state index in [4.69, 9.17) is 10.5 Å². The fraction of sp³-hybridized carbons (Fsp3) is 0.500. The number of anilines is 2. The van der Waals surface area contributed by atoms with Crippen LogP contribution in [0.25, 0.3) is 5.76 Å². The summed E-state index contributed by atoms with van der Waals surface area (Å²) >= 11 is 0. The Hall–Kier alpha value is -1.85. The second-order valence-corrected chi connectivity index (χ2v) is 5.09. The molecule has 2 atom stereocenters. The van der Waals surface area contributed by atoms with E-state index in [0.717, 1.165) is 24.2 Å². The molecule has 6 heteroatoms. The van der Waals surface area contributed by atoms with E-state index in [2.05, 4.69) is 4.98 Å². The normalized spacial score (nSPS) is 26.3. The highest BCUT2D eigenvalue weighted by Gasteiger charge is 2.34. The molecule has 2 N–H and O–H groups in total. The summed E-state index contributed by atoms with van der Waals surface area (Å²) in [5, 5.41) is 0. The molecule has 2 aliphatic rings. The Balaban J connectivity index is 1.91. The van der Waals surface area contributed by atoms with Gasteiger partial charge in [-0.15, -0.1) is 0 Å². The second-order valence-electron chi connectivity index (χ2n) is 5.09. The van der Waals surface area contributed by atoms with Gasteiger partial charge < -0.3 is 15.4 Å². The first-order chi connectivity index (χ1) is 9.66. The van der Waals surface area contributed by atoms with E-state index in [1.807, 2.05) is 6.08 Å². The molecule has 0 spiro atoms. The molecular weight excluding hydrogens is 264 g/mol. The molecular formula is C14H17F2N3O. The lowest BCUT2D eigenvalue weighted by molar-refractivity contribution is 0.217. The van der Waals surface area contributed by atoms with Crippen molar-refractivity contribution in [3.05, 3.63) is 23.9 Å². The van der Waals surface area contributed by atoms with Gasteiger partial charge in [-0.1, -0.05) is 0 Å². The number of aromatic nitrogens is 1. The van der Waals surface area contributed by atoms with Crippen LogP contribution in [0.1, 0.15) is 18.4 Å². The molecule has 0 bridgehead atoms. The predicted octanol–water partition coefficient (Wildman–Crippen LogP) is 2.31. The molecule has 1 saturated heterocycles. The topological polar surface area (TPSA) is 51.4 Å². The Morgan fingerprint density at radius 3 is 2.70 bits per heavy atom. The number of ether oxygens (including phenoxy) is 1. The van der Waals surface area contributed by atoms with E-state index in [-0.39, 0.29) is 13.1 Å². The molecule has 108 valence electrons. The SMILES string of the molecule is Nc1c(C2=CCCCO2)ccnc1N1C[C@@H](F)[C@@H](F)C1. The molecule has 0 aliphatic carbocycles. The van der Waals surface area contributed by atoms with Crippen LogP contribution in [0.2, 0.25) is 0 Å². The number of rotatable bonds is 2. The average molecular weight is 281 g/mol. The molecule has 20 heavy (non-hydrogen) atoms. The number of alkyl halides is 2. The lowest BCUT2D eigenvalue weighted by Crippen LogP contribution is -2.23. The van der Waals surface area contributed by atoms with Crippen LogP contribution < -0.4 is 10.6 Å². The van der Waals surface area contributed by atoms with Gasteiger partial charge in [0.15, 0.2) is 18.2 Å². The Labute approximate surface area is 116 Å². The maximum absolute atomic E-state index is 13.3. The largest absolute Gasteiger partial charge is 0.493 e. The number of allylic oxidation sites excluding steroid dienone is 1. The van der Waals surface area contributed by atoms with E-state index < -0.39 is 12.3 Å². The highest BCUT2D eigenvalue weighted by Crippen LogP contribution is 2.33. The number of nitrogen functional groups attached to an aromatic ring is 1. The molecule has 3 heterocycles. The molecule has 1 aromatic rings. The van der Waals surface area contributed by atoms with Crippen LogP contribution in [0.4, 0.5) is 20.3 Å². The standard InChI is InChI=1S/C14H17F2N3O/c15-10-7-19(8-11(10)16)14-13(17)9(4-5-18-14)12-3-1-2-6-20-12/h3-5,10-11H,1-2,6-8,17H2/t10-,11+. The van der Waals surface area contributed by atoms with Gasteiger partial charge in [-0.3, -0.25) is 0 Å². The molecule has 1 aromatic heterocycles. The number of halogens is 2. The van der Waals surface area contributed by atoms with E-state index in [1.165, 1.54) is 0 Å². The molecule has 0 aromatic carbocycles. The highest BCUT2D eigenvalue weighted by molar-refractivity contribution is 5.79. The van der Waals surface area contributed by atoms with Crippen LogP contribution in [-0.4, -0.2) is 37.0 Å². The van der Waals surface area contributed by atoms with Gasteiger partial charge in [-0.05, 0) is 25.0 Å². The number of hydrogen-bond donors (Lipinski definition) is 1. The highest BCUT2D eigenvalue weighted by atomic mass is 19.2. The first kappa shape index (κ1) is 13.1. The fourth-order valence-electron chi connectivity index (χ4n) is 2.57. The van der Waals surface area contributed by atoms with Crippen molar-refractivity contribution < 1.29 is 13.5 Å². The molecule has 1 fully saturated rings. The second kappa shape index (κ2) is 5.26. The van der Waals surface area contributed by atoms with Crippen LogP contribution in [0.15, 0.2) is 18.3 Å². The minimum absolute atomic E-state index is 0.0122. The van der Waals surface area contributed by atoms with Crippen molar-refractivity contribution in [1.29, 1.82) is 0 Å². The third-order valence-corrected chi connectivity index (χ3v) is 3.65. The summed E-state index contributed by atoms with van der Waals surface area (Å²) in [4.78, 5) is 5.72. The zero-order valence-corrected chi connectivity index (χ0v) is 11.1. The number of hydrogen-bond acceptors (Lipinski definition) is 4. The maximum atomic E-state index is 13.3. The van der Waals surface area contributed by atoms with Crippen molar-refractivity contribution in [2.75, 3.05) is 30.3 Å². The number of nitrogens with zero attached hydrogens (tertiary/aromatic N) is 2. The molecule has 0 saturated carbocycles. The van der Waals surface area contributed by atoms with Crippen LogP contribution in [0.3, 0.4) is 0 Å². The van der Waals surface area contributed by atoms with Crippen molar-refractivity contribution >= 4 is 17.3 Å². The molecule has 2 aliphatic heterocycles. The van der Waals surface area contributed by atoms with Gasteiger partial charge in [0.1, 0.15) is 5.76 Å². The van der Waals surface area contributed by atoms with Crippen molar-refractivity contribution in [3.63, 3.8) is 0 Å². The van der Waals surface area contributed by atoms with Crippen molar-refractivity contribution in [2.24, 2.45) is 0 Å². The van der Waals surface area contributed by atoms with E-state index in [1.54, 1.807) is 17.2 Å². The lowest BCUT2D eigenvalue weighted by Gasteiger charge is -2.22. The molecule has 0 radical (unpaired) electrons. The monoisotopic (exact) mass is 281 g/mol. The first-order valence-corrected chi connectivity index (χ1v) is 6.77. The van der Waals surface area contributed by atoms with E-state index in [0.29, 0.717) is 18.1 Å². The van der Waals surface area contributed by atoms with Crippen molar-refractivity contribution in [2.45, 2.75) is 25.2 Å². The maximum Gasteiger partial charge on any atom is 0.152 e. The molecule has 3 rings (SSSR count). The zero-order valence-electron chi connectivity index (χ0n) is 11.1. The van der Waals surface area contributed by atoms with Gasteiger partial charge in [0.25, 0.3) is 0 Å². The van der Waals surface area contributed by atoms with Crippen molar-refractivity contribution in [1.82, 2.24) is 4.98 Å². The quantitative estimate of drug-likeness (QED) is 0.904. The van der Waals surface area contributed by atoms with Gasteiger partial charge in [0.05, 0.1) is 25.4 Å². The minimum Gasteiger partial charge on any atom is -0.493 e. The van der Waals surface area contributed by atoms with E-state index in [9.17, 15) is 8.78 Å². The number of nitrogens with two attached hydrogens (primary N) is 1. The Morgan fingerprint density at radius 2 is 2.05 bits per heavy atom. The zero-order chi connectivity index (χ0) is 14.1. The predicted molar refractivity (Wildman–Crippen MR) is 73.8 cm³/mol. The third kappa shape index (κ3) is 2.30. The summed E-state index contributed by atoms with van der Waals surface area (Å²) in [6.07, 6.45) is 2.54.